The number of amides is 1. The summed E-state index contributed by atoms with van der Waals surface area (Å²) in [6.45, 7) is 10.3. The molecule has 146 valence electrons. The standard InChI is InChI=1S/C20H27N3O2S2/c1-5-10-23-19(25)17-14-8-6-7-9-15(14)27-18(17)22-20(23)26-11-16(24)21-13(4)12(2)3/h5,12-13H,1,6-11H2,2-4H3,(H,21,24). The predicted molar refractivity (Wildman–Crippen MR) is 114 cm³/mol. The van der Waals surface area contributed by atoms with Crippen LogP contribution in [0, 0.1) is 5.92 Å². The number of hydrogen-bond donors (Lipinski definition) is 1. The van der Waals surface area contributed by atoms with Gasteiger partial charge in [-0.15, -0.1) is 17.9 Å². The van der Waals surface area contributed by atoms with E-state index in [1.165, 1.54) is 28.6 Å². The molecule has 0 aliphatic heterocycles. The zero-order valence-electron chi connectivity index (χ0n) is 16.2. The van der Waals surface area contributed by atoms with Crippen molar-refractivity contribution >= 4 is 39.2 Å². The van der Waals surface area contributed by atoms with E-state index in [-0.39, 0.29) is 23.3 Å². The van der Waals surface area contributed by atoms with Crippen LogP contribution in [-0.4, -0.2) is 27.3 Å². The minimum absolute atomic E-state index is 0.00208. The lowest BCUT2D eigenvalue weighted by Gasteiger charge is -2.17. The molecule has 7 heteroatoms. The first-order valence-electron chi connectivity index (χ1n) is 9.50. The molecule has 1 N–H and O–H groups in total. The van der Waals surface area contributed by atoms with Crippen LogP contribution in [-0.2, 0) is 24.2 Å². The first kappa shape index (κ1) is 20.1. The third-order valence-corrected chi connectivity index (χ3v) is 7.23. The van der Waals surface area contributed by atoms with Gasteiger partial charge in [-0.05, 0) is 44.1 Å². The number of fused-ring (bicyclic) bond motifs is 3. The van der Waals surface area contributed by atoms with Crippen molar-refractivity contribution in [2.45, 2.75) is 64.2 Å². The van der Waals surface area contributed by atoms with Crippen LogP contribution in [0.3, 0.4) is 0 Å². The molecule has 1 aliphatic carbocycles. The number of allylic oxidation sites excluding steroid dienone is 1. The van der Waals surface area contributed by atoms with Crippen molar-refractivity contribution in [1.82, 2.24) is 14.9 Å². The van der Waals surface area contributed by atoms with Crippen molar-refractivity contribution in [3.8, 4) is 0 Å². The zero-order valence-corrected chi connectivity index (χ0v) is 17.8. The number of thiophene rings is 1. The van der Waals surface area contributed by atoms with Crippen molar-refractivity contribution in [3.05, 3.63) is 33.4 Å². The van der Waals surface area contributed by atoms with Gasteiger partial charge in [0.05, 0.1) is 11.1 Å². The van der Waals surface area contributed by atoms with Crippen molar-refractivity contribution in [2.75, 3.05) is 5.75 Å². The maximum atomic E-state index is 13.2. The normalized spacial score (nSPS) is 15.0. The second-order valence-electron chi connectivity index (χ2n) is 7.38. The quantitative estimate of drug-likeness (QED) is 0.433. The molecule has 27 heavy (non-hydrogen) atoms. The number of carbonyl (C=O) groups is 1. The summed E-state index contributed by atoms with van der Waals surface area (Å²) in [5.41, 5.74) is 1.19. The molecular weight excluding hydrogens is 378 g/mol. The second-order valence-corrected chi connectivity index (χ2v) is 9.40. The van der Waals surface area contributed by atoms with Crippen LogP contribution in [0.1, 0.15) is 44.1 Å². The summed E-state index contributed by atoms with van der Waals surface area (Å²) in [5.74, 6) is 0.591. The van der Waals surface area contributed by atoms with Gasteiger partial charge in [-0.1, -0.05) is 31.7 Å². The Bertz CT molecular complexity index is 914. The summed E-state index contributed by atoms with van der Waals surface area (Å²) in [4.78, 5) is 32.3. The van der Waals surface area contributed by atoms with E-state index in [4.69, 9.17) is 4.98 Å². The molecule has 1 unspecified atom stereocenters. The lowest BCUT2D eigenvalue weighted by atomic mass is 9.97. The lowest BCUT2D eigenvalue weighted by molar-refractivity contribution is -0.119. The molecule has 1 amide bonds. The van der Waals surface area contributed by atoms with Gasteiger partial charge in [0.2, 0.25) is 5.91 Å². The van der Waals surface area contributed by atoms with Crippen LogP contribution in [0.2, 0.25) is 0 Å². The Hall–Kier alpha value is -1.60. The molecule has 1 atom stereocenters. The number of nitrogens with zero attached hydrogens (tertiary/aromatic N) is 2. The molecule has 2 aromatic rings. The van der Waals surface area contributed by atoms with Gasteiger partial charge < -0.3 is 5.32 Å². The molecule has 0 aromatic carbocycles. The van der Waals surface area contributed by atoms with E-state index in [1.54, 1.807) is 22.0 Å². The predicted octanol–water partition coefficient (Wildman–Crippen LogP) is 3.78. The number of aryl methyl sites for hydroxylation is 2. The molecule has 0 radical (unpaired) electrons. The number of rotatable bonds is 7. The topological polar surface area (TPSA) is 64.0 Å². The first-order valence-corrected chi connectivity index (χ1v) is 11.3. The van der Waals surface area contributed by atoms with Crippen LogP contribution >= 0.6 is 23.1 Å². The molecule has 5 nitrogen and oxygen atoms in total. The largest absolute Gasteiger partial charge is 0.353 e. The number of nitrogens with one attached hydrogen (secondary N) is 1. The minimum Gasteiger partial charge on any atom is -0.353 e. The highest BCUT2D eigenvalue weighted by molar-refractivity contribution is 7.99. The Morgan fingerprint density at radius 3 is 2.81 bits per heavy atom. The van der Waals surface area contributed by atoms with Gasteiger partial charge in [-0.25, -0.2) is 4.98 Å². The van der Waals surface area contributed by atoms with E-state index in [2.05, 4.69) is 25.7 Å². The smallest absolute Gasteiger partial charge is 0.263 e. The molecule has 3 rings (SSSR count). The maximum absolute atomic E-state index is 13.2. The molecule has 0 bridgehead atoms. The van der Waals surface area contributed by atoms with Gasteiger partial charge in [0.1, 0.15) is 4.83 Å². The number of carbonyl (C=O) groups excluding carboxylic acids is 1. The number of thioether (sulfide) groups is 1. The number of aromatic nitrogens is 2. The Morgan fingerprint density at radius 2 is 2.11 bits per heavy atom. The molecule has 2 heterocycles. The third-order valence-electron chi connectivity index (χ3n) is 5.07. The monoisotopic (exact) mass is 405 g/mol. The van der Waals surface area contributed by atoms with E-state index < -0.39 is 0 Å². The van der Waals surface area contributed by atoms with Crippen molar-refractivity contribution in [2.24, 2.45) is 5.92 Å². The highest BCUT2D eigenvalue weighted by Gasteiger charge is 2.22. The average Bonchev–Trinajstić information content (AvgIpc) is 3.01. The van der Waals surface area contributed by atoms with Crippen LogP contribution in [0.25, 0.3) is 10.2 Å². The van der Waals surface area contributed by atoms with Crippen LogP contribution in [0.15, 0.2) is 22.6 Å². The van der Waals surface area contributed by atoms with E-state index in [9.17, 15) is 9.59 Å². The highest BCUT2D eigenvalue weighted by Crippen LogP contribution is 2.34. The summed E-state index contributed by atoms with van der Waals surface area (Å²) < 4.78 is 1.65. The Morgan fingerprint density at radius 1 is 1.37 bits per heavy atom. The van der Waals surface area contributed by atoms with E-state index in [1.807, 2.05) is 6.92 Å². The van der Waals surface area contributed by atoms with Crippen LogP contribution in [0.4, 0.5) is 0 Å². The molecule has 0 saturated carbocycles. The van der Waals surface area contributed by atoms with Crippen molar-refractivity contribution in [3.63, 3.8) is 0 Å². The van der Waals surface area contributed by atoms with Gasteiger partial charge in [0.25, 0.3) is 5.56 Å². The first-order chi connectivity index (χ1) is 12.9. The number of hydrogen-bond acceptors (Lipinski definition) is 5. The second kappa shape index (κ2) is 8.61. The van der Waals surface area contributed by atoms with Crippen molar-refractivity contribution in [1.29, 1.82) is 0 Å². The highest BCUT2D eigenvalue weighted by atomic mass is 32.2. The fourth-order valence-electron chi connectivity index (χ4n) is 3.21. The van der Waals surface area contributed by atoms with Crippen LogP contribution < -0.4 is 10.9 Å². The molecule has 2 aromatic heterocycles. The summed E-state index contributed by atoms with van der Waals surface area (Å²) in [6.07, 6.45) is 6.01. The van der Waals surface area contributed by atoms with Gasteiger partial charge in [-0.3, -0.25) is 14.2 Å². The molecule has 0 fully saturated rings. The average molecular weight is 406 g/mol. The molecular formula is C20H27N3O2S2. The van der Waals surface area contributed by atoms with Gasteiger partial charge in [0.15, 0.2) is 5.16 Å². The fourth-order valence-corrected chi connectivity index (χ4v) is 5.33. The molecule has 0 spiro atoms. The molecule has 1 aliphatic rings. The summed E-state index contributed by atoms with van der Waals surface area (Å²) in [7, 11) is 0. The summed E-state index contributed by atoms with van der Waals surface area (Å²) in [5, 5.41) is 4.37. The summed E-state index contributed by atoms with van der Waals surface area (Å²) >= 11 is 2.96. The van der Waals surface area contributed by atoms with E-state index in [0.717, 1.165) is 29.5 Å². The van der Waals surface area contributed by atoms with E-state index >= 15 is 0 Å². The maximum Gasteiger partial charge on any atom is 0.263 e. The lowest BCUT2D eigenvalue weighted by Crippen LogP contribution is -2.37. The third kappa shape index (κ3) is 4.29. The van der Waals surface area contributed by atoms with Crippen LogP contribution in [0.5, 0.6) is 0 Å². The minimum atomic E-state index is -0.0360. The van der Waals surface area contributed by atoms with Gasteiger partial charge in [-0.2, -0.15) is 0 Å². The summed E-state index contributed by atoms with van der Waals surface area (Å²) in [6, 6.07) is 0.118. The van der Waals surface area contributed by atoms with E-state index in [0.29, 0.717) is 17.6 Å². The Kier molecular flexibility index (Phi) is 6.42. The zero-order chi connectivity index (χ0) is 19.6. The Labute approximate surface area is 168 Å². The van der Waals surface area contributed by atoms with Gasteiger partial charge >= 0.3 is 0 Å². The SMILES string of the molecule is C=CCn1c(SCC(=O)NC(C)C(C)C)nc2sc3c(c2c1=O)CCCC3. The van der Waals surface area contributed by atoms with Gasteiger partial charge in [0, 0.05) is 17.5 Å². The van der Waals surface area contributed by atoms with Crippen molar-refractivity contribution < 1.29 is 4.79 Å². The Balaban J connectivity index is 1.90. The molecule has 0 saturated heterocycles. The fraction of sp³-hybridized carbons (Fsp3) is 0.550.